The highest BCUT2D eigenvalue weighted by atomic mass is 32.2. The fourth-order valence-corrected chi connectivity index (χ4v) is 3.62. The van der Waals surface area contributed by atoms with Crippen LogP contribution in [0.4, 0.5) is 0 Å². The smallest absolute Gasteiger partial charge is 0.307 e. The van der Waals surface area contributed by atoms with Crippen LogP contribution >= 0.6 is 11.8 Å². The molecule has 0 bridgehead atoms. The van der Waals surface area contributed by atoms with E-state index < -0.39 is 0 Å². The minimum absolute atomic E-state index is 0.0765. The lowest BCUT2D eigenvalue weighted by atomic mass is 9.96. The summed E-state index contributed by atoms with van der Waals surface area (Å²) in [5.41, 5.74) is 0.174. The van der Waals surface area contributed by atoms with Gasteiger partial charge in [0.05, 0.1) is 29.7 Å². The maximum absolute atomic E-state index is 13.0. The van der Waals surface area contributed by atoms with Crippen LogP contribution in [0.1, 0.15) is 51.1 Å². The van der Waals surface area contributed by atoms with Crippen molar-refractivity contribution in [1.29, 1.82) is 0 Å². The van der Waals surface area contributed by atoms with E-state index in [1.165, 1.54) is 23.4 Å². The molecule has 29 heavy (non-hydrogen) atoms. The highest BCUT2D eigenvalue weighted by Gasteiger charge is 2.25. The van der Waals surface area contributed by atoms with E-state index in [1.54, 1.807) is 18.2 Å². The Labute approximate surface area is 172 Å². The molecule has 8 nitrogen and oxygen atoms in total. The van der Waals surface area contributed by atoms with Crippen molar-refractivity contribution in [3.05, 3.63) is 46.3 Å². The van der Waals surface area contributed by atoms with Crippen molar-refractivity contribution in [3.8, 4) is 0 Å². The van der Waals surface area contributed by atoms with Crippen LogP contribution in [0.3, 0.4) is 0 Å². The Hall–Kier alpha value is -2.68. The van der Waals surface area contributed by atoms with Crippen molar-refractivity contribution in [2.75, 3.05) is 7.11 Å². The van der Waals surface area contributed by atoms with Gasteiger partial charge in [-0.15, -0.1) is 0 Å². The number of aromatic nitrogens is 4. The number of hydrogen-bond acceptors (Lipinski definition) is 8. The minimum Gasteiger partial charge on any atom is -0.469 e. The SMILES string of the molecule is COC(=O)CCn1c(S[C@@H](C)c2nc(C(C)(C)C)no2)nc2ccccc2c1=O. The number of hydrogen-bond donors (Lipinski definition) is 0. The predicted molar refractivity (Wildman–Crippen MR) is 110 cm³/mol. The Morgan fingerprint density at radius 3 is 2.66 bits per heavy atom. The van der Waals surface area contributed by atoms with E-state index in [9.17, 15) is 9.59 Å². The normalized spacial score (nSPS) is 12.9. The van der Waals surface area contributed by atoms with Crippen LogP contribution in [-0.4, -0.2) is 32.8 Å². The zero-order valence-electron chi connectivity index (χ0n) is 17.1. The fraction of sp³-hybridized carbons (Fsp3) is 0.450. The maximum Gasteiger partial charge on any atom is 0.307 e. The molecule has 0 saturated carbocycles. The van der Waals surface area contributed by atoms with Crippen LogP contribution in [0, 0.1) is 0 Å². The molecule has 154 valence electrons. The first kappa shape index (κ1) is 21.0. The number of thioether (sulfide) groups is 1. The molecular weight excluding hydrogens is 392 g/mol. The van der Waals surface area contributed by atoms with Gasteiger partial charge < -0.3 is 9.26 Å². The highest BCUT2D eigenvalue weighted by molar-refractivity contribution is 7.99. The van der Waals surface area contributed by atoms with Gasteiger partial charge in [-0.25, -0.2) is 4.98 Å². The van der Waals surface area contributed by atoms with Crippen molar-refractivity contribution < 1.29 is 14.1 Å². The molecule has 0 amide bonds. The van der Waals surface area contributed by atoms with Gasteiger partial charge in [-0.1, -0.05) is 49.8 Å². The van der Waals surface area contributed by atoms with Crippen LogP contribution in [0.5, 0.6) is 0 Å². The monoisotopic (exact) mass is 416 g/mol. The molecule has 1 atom stereocenters. The van der Waals surface area contributed by atoms with Crippen molar-refractivity contribution >= 4 is 28.6 Å². The van der Waals surface area contributed by atoms with Crippen molar-refractivity contribution in [3.63, 3.8) is 0 Å². The lowest BCUT2D eigenvalue weighted by molar-refractivity contribution is -0.140. The number of carbonyl (C=O) groups excluding carboxylic acids is 1. The summed E-state index contributed by atoms with van der Waals surface area (Å²) in [6.07, 6.45) is 0.0765. The molecule has 0 saturated heterocycles. The van der Waals surface area contributed by atoms with Gasteiger partial charge in [0.1, 0.15) is 0 Å². The quantitative estimate of drug-likeness (QED) is 0.342. The van der Waals surface area contributed by atoms with E-state index in [0.29, 0.717) is 27.8 Å². The molecule has 2 aromatic heterocycles. The van der Waals surface area contributed by atoms with Crippen molar-refractivity contribution in [1.82, 2.24) is 19.7 Å². The van der Waals surface area contributed by atoms with Crippen molar-refractivity contribution in [2.24, 2.45) is 0 Å². The topological polar surface area (TPSA) is 100 Å². The van der Waals surface area contributed by atoms with E-state index in [2.05, 4.69) is 15.1 Å². The number of fused-ring (bicyclic) bond motifs is 1. The third-order valence-electron chi connectivity index (χ3n) is 4.34. The molecule has 0 N–H and O–H groups in total. The van der Waals surface area contributed by atoms with E-state index in [4.69, 9.17) is 9.26 Å². The number of carbonyl (C=O) groups is 1. The molecule has 3 aromatic rings. The number of benzene rings is 1. The average molecular weight is 417 g/mol. The third-order valence-corrected chi connectivity index (χ3v) is 5.41. The van der Waals surface area contributed by atoms with Gasteiger partial charge >= 0.3 is 5.97 Å². The second kappa shape index (κ2) is 8.36. The molecule has 0 aliphatic heterocycles. The Balaban J connectivity index is 1.97. The molecule has 9 heteroatoms. The number of para-hydroxylation sites is 1. The summed E-state index contributed by atoms with van der Waals surface area (Å²) in [5, 5.41) is 4.82. The summed E-state index contributed by atoms with van der Waals surface area (Å²) in [6, 6.07) is 7.14. The first-order valence-corrected chi connectivity index (χ1v) is 10.2. The largest absolute Gasteiger partial charge is 0.469 e. The highest BCUT2D eigenvalue weighted by Crippen LogP contribution is 2.34. The molecule has 1 aromatic carbocycles. The van der Waals surface area contributed by atoms with E-state index >= 15 is 0 Å². The van der Waals surface area contributed by atoms with Crippen LogP contribution in [0.15, 0.2) is 38.7 Å². The van der Waals surface area contributed by atoms with Gasteiger partial charge in [0.25, 0.3) is 5.56 Å². The molecule has 0 aliphatic carbocycles. The first-order chi connectivity index (χ1) is 13.7. The Morgan fingerprint density at radius 1 is 1.28 bits per heavy atom. The van der Waals surface area contributed by atoms with Crippen molar-refractivity contribution in [2.45, 2.75) is 56.5 Å². The maximum atomic E-state index is 13.0. The molecule has 0 radical (unpaired) electrons. The summed E-state index contributed by atoms with van der Waals surface area (Å²) in [6.45, 7) is 8.12. The summed E-state index contributed by atoms with van der Waals surface area (Å²) in [5.74, 6) is 0.692. The predicted octanol–water partition coefficient (Wildman–Crippen LogP) is 3.49. The minimum atomic E-state index is -0.388. The van der Waals surface area contributed by atoms with Gasteiger partial charge in [0.2, 0.25) is 5.89 Å². The molecule has 0 unspecified atom stereocenters. The Bertz CT molecular complexity index is 1080. The molecule has 0 spiro atoms. The number of rotatable bonds is 6. The van der Waals surface area contributed by atoms with Crippen LogP contribution < -0.4 is 5.56 Å². The zero-order valence-corrected chi connectivity index (χ0v) is 17.9. The number of nitrogens with zero attached hydrogens (tertiary/aromatic N) is 4. The first-order valence-electron chi connectivity index (χ1n) is 9.28. The number of ether oxygens (including phenoxy) is 1. The second-order valence-electron chi connectivity index (χ2n) is 7.66. The van der Waals surface area contributed by atoms with Gasteiger partial charge in [-0.3, -0.25) is 14.2 Å². The number of esters is 1. The zero-order chi connectivity index (χ0) is 21.2. The Kier molecular flexibility index (Phi) is 6.07. The molecule has 0 fully saturated rings. The van der Waals surface area contributed by atoms with Gasteiger partial charge in [-0.2, -0.15) is 4.98 Å². The van der Waals surface area contributed by atoms with E-state index in [1.807, 2.05) is 33.8 Å². The summed E-state index contributed by atoms with van der Waals surface area (Å²) >= 11 is 1.34. The molecule has 2 heterocycles. The van der Waals surface area contributed by atoms with Crippen LogP contribution in [0.25, 0.3) is 10.9 Å². The standard InChI is InChI=1S/C20H24N4O4S/c1-12(16-22-18(23-28-16)20(2,3)4)29-19-21-14-9-7-6-8-13(14)17(26)24(19)11-10-15(25)27-5/h6-9,12H,10-11H2,1-5H3/t12-/m0/s1. The van der Waals surface area contributed by atoms with Crippen LogP contribution in [0.2, 0.25) is 0 Å². The fourth-order valence-electron chi connectivity index (χ4n) is 2.65. The molecule has 0 aliphatic rings. The lowest BCUT2D eigenvalue weighted by Gasteiger charge is -2.14. The average Bonchev–Trinajstić information content (AvgIpc) is 3.18. The summed E-state index contributed by atoms with van der Waals surface area (Å²) < 4.78 is 11.6. The second-order valence-corrected chi connectivity index (χ2v) is 8.97. The summed E-state index contributed by atoms with van der Waals surface area (Å²) in [7, 11) is 1.32. The lowest BCUT2D eigenvalue weighted by Crippen LogP contribution is -2.25. The van der Waals surface area contributed by atoms with Crippen LogP contribution in [-0.2, 0) is 21.5 Å². The van der Waals surface area contributed by atoms with Gasteiger partial charge in [0, 0.05) is 12.0 Å². The van der Waals surface area contributed by atoms with Gasteiger partial charge in [-0.05, 0) is 19.1 Å². The summed E-state index contributed by atoms with van der Waals surface area (Å²) in [4.78, 5) is 33.8. The Morgan fingerprint density at radius 2 is 2.00 bits per heavy atom. The third kappa shape index (κ3) is 4.67. The molecule has 3 rings (SSSR count). The molecular formula is C20H24N4O4S. The van der Waals surface area contributed by atoms with E-state index in [0.717, 1.165) is 0 Å². The number of methoxy groups -OCH3 is 1. The van der Waals surface area contributed by atoms with E-state index in [-0.39, 0.29) is 35.2 Å². The van der Waals surface area contributed by atoms with Gasteiger partial charge in [0.15, 0.2) is 11.0 Å².